The molecule has 2 fully saturated rings. The maximum atomic E-state index is 13.9. The summed E-state index contributed by atoms with van der Waals surface area (Å²) in [5, 5.41) is 0. The van der Waals surface area contributed by atoms with Gasteiger partial charge in [-0.2, -0.15) is 4.31 Å². The van der Waals surface area contributed by atoms with E-state index in [0.29, 0.717) is 18.6 Å². The summed E-state index contributed by atoms with van der Waals surface area (Å²) in [5.41, 5.74) is 5.76. The highest BCUT2D eigenvalue weighted by atomic mass is 32.2. The molecule has 14 heteroatoms. The van der Waals surface area contributed by atoms with Gasteiger partial charge in [0.15, 0.2) is 11.6 Å². The topological polar surface area (TPSA) is 92.9 Å². The van der Waals surface area contributed by atoms with E-state index in [-0.39, 0.29) is 36.4 Å². The molecule has 2 heterocycles. The van der Waals surface area contributed by atoms with Gasteiger partial charge in [-0.15, -0.1) is 13.2 Å². The number of hydrogen-bond acceptors (Lipinski definition) is 5. The molecular weight excluding hydrogens is 516 g/mol. The number of halogens is 6. The molecule has 0 radical (unpaired) electrons. The second-order valence-corrected chi connectivity index (χ2v) is 10.6. The molecule has 0 saturated carbocycles. The van der Waals surface area contributed by atoms with Gasteiger partial charge in [-0.05, 0) is 36.6 Å². The molecule has 2 bridgehead atoms. The van der Waals surface area contributed by atoms with Crippen LogP contribution in [0.4, 0.5) is 26.3 Å². The molecule has 1 amide bonds. The number of hydrogen-bond donors (Lipinski definition) is 1. The molecule has 0 spiro atoms. The number of carbonyl (C=O) groups is 1. The molecule has 2 unspecified atom stereocenters. The highest BCUT2D eigenvalue weighted by Crippen LogP contribution is 2.36. The zero-order valence-electron chi connectivity index (χ0n) is 18.5. The number of fused-ring (bicyclic) bond motifs is 2. The molecule has 2 aliphatic rings. The van der Waals surface area contributed by atoms with E-state index in [9.17, 15) is 39.6 Å². The second kappa shape index (κ2) is 9.56. The van der Waals surface area contributed by atoms with Gasteiger partial charge in [0.1, 0.15) is 11.6 Å². The highest BCUT2D eigenvalue weighted by molar-refractivity contribution is 7.89. The van der Waals surface area contributed by atoms with E-state index in [4.69, 9.17) is 5.73 Å². The molecule has 2 saturated heterocycles. The molecule has 36 heavy (non-hydrogen) atoms. The maximum absolute atomic E-state index is 13.9. The number of amides is 1. The zero-order chi connectivity index (χ0) is 26.4. The van der Waals surface area contributed by atoms with E-state index in [1.54, 1.807) is 0 Å². The molecule has 4 rings (SSSR count). The summed E-state index contributed by atoms with van der Waals surface area (Å²) in [5.74, 6) is -4.64. The Hall–Kier alpha value is -2.84. The van der Waals surface area contributed by atoms with Crippen molar-refractivity contribution in [3.8, 4) is 5.75 Å². The first kappa shape index (κ1) is 26.2. The summed E-state index contributed by atoms with van der Waals surface area (Å²) >= 11 is 0. The first-order valence-corrected chi connectivity index (χ1v) is 12.2. The van der Waals surface area contributed by atoms with Crippen molar-refractivity contribution in [3.05, 3.63) is 59.4 Å². The van der Waals surface area contributed by atoms with Crippen LogP contribution in [0.2, 0.25) is 0 Å². The molecule has 2 aliphatic heterocycles. The van der Waals surface area contributed by atoms with E-state index < -0.39 is 63.6 Å². The number of piperazine rings is 1. The van der Waals surface area contributed by atoms with Gasteiger partial charge >= 0.3 is 6.36 Å². The fraction of sp³-hybridized carbons (Fsp3) is 0.409. The third-order valence-corrected chi connectivity index (χ3v) is 8.08. The van der Waals surface area contributed by atoms with Crippen LogP contribution in [0.3, 0.4) is 0 Å². The Morgan fingerprint density at radius 1 is 1.06 bits per heavy atom. The molecule has 3 atom stereocenters. The van der Waals surface area contributed by atoms with Crippen molar-refractivity contribution in [2.45, 2.75) is 48.6 Å². The predicted molar refractivity (Wildman–Crippen MR) is 114 cm³/mol. The number of carbonyl (C=O) groups excluding carboxylic acids is 1. The fourth-order valence-corrected chi connectivity index (χ4v) is 6.31. The van der Waals surface area contributed by atoms with Crippen LogP contribution in [0.25, 0.3) is 0 Å². The normalized spacial score (nSPS) is 21.1. The average Bonchev–Trinajstić information content (AvgIpc) is 3.38. The molecule has 0 aromatic heterocycles. The minimum atomic E-state index is -4.98. The summed E-state index contributed by atoms with van der Waals surface area (Å²) in [6.07, 6.45) is -5.09. The SMILES string of the molecule is N[C@@H](CC(=O)N1CC2CC1CN2S(=O)(=O)c1cccc(OC(F)(F)F)c1)Cc1cc(F)c(F)cc1F. The van der Waals surface area contributed by atoms with Crippen molar-refractivity contribution in [2.75, 3.05) is 13.1 Å². The van der Waals surface area contributed by atoms with E-state index in [0.717, 1.165) is 28.6 Å². The van der Waals surface area contributed by atoms with Crippen LogP contribution < -0.4 is 10.5 Å². The van der Waals surface area contributed by atoms with Crippen LogP contribution in [0.5, 0.6) is 5.75 Å². The Morgan fingerprint density at radius 3 is 2.39 bits per heavy atom. The lowest BCUT2D eigenvalue weighted by Crippen LogP contribution is -2.51. The van der Waals surface area contributed by atoms with E-state index in [1.165, 1.54) is 4.90 Å². The van der Waals surface area contributed by atoms with Crippen molar-refractivity contribution >= 4 is 15.9 Å². The van der Waals surface area contributed by atoms with Gasteiger partial charge < -0.3 is 15.4 Å². The van der Waals surface area contributed by atoms with E-state index in [1.807, 2.05) is 0 Å². The standard InChI is InChI=1S/C22H21F6N3O4S/c23-18-9-20(25)19(24)5-12(18)4-13(29)6-21(32)30-10-15-7-14(30)11-31(15)36(33,34)17-3-1-2-16(8-17)35-22(26,27)28/h1-3,5,8-9,13-15H,4,6-7,10-11,29H2/t13-,14?,15?/m1/s1. The van der Waals surface area contributed by atoms with E-state index >= 15 is 0 Å². The second-order valence-electron chi connectivity index (χ2n) is 8.71. The van der Waals surface area contributed by atoms with Crippen LogP contribution in [0, 0.1) is 17.5 Å². The van der Waals surface area contributed by atoms with Gasteiger partial charge in [0.25, 0.3) is 0 Å². The van der Waals surface area contributed by atoms with Crippen molar-refractivity contribution in [1.82, 2.24) is 9.21 Å². The maximum Gasteiger partial charge on any atom is 0.573 e. The Labute approximate surface area is 202 Å². The molecule has 7 nitrogen and oxygen atoms in total. The Kier molecular flexibility index (Phi) is 6.96. The number of ether oxygens (including phenoxy) is 1. The number of rotatable bonds is 7. The minimum absolute atomic E-state index is 0.0493. The van der Waals surface area contributed by atoms with Crippen LogP contribution >= 0.6 is 0 Å². The molecule has 2 aromatic carbocycles. The number of likely N-dealkylation sites (tertiary alicyclic amines) is 1. The molecular formula is C22H21F6N3O4S. The van der Waals surface area contributed by atoms with Gasteiger partial charge in [-0.1, -0.05) is 6.07 Å². The van der Waals surface area contributed by atoms with Crippen LogP contribution in [0.15, 0.2) is 41.3 Å². The molecule has 0 aliphatic carbocycles. The first-order chi connectivity index (χ1) is 16.7. The summed E-state index contributed by atoms with van der Waals surface area (Å²) < 4.78 is 109. The Balaban J connectivity index is 1.39. The molecule has 2 aromatic rings. The van der Waals surface area contributed by atoms with Gasteiger partial charge in [0.05, 0.1) is 4.90 Å². The van der Waals surface area contributed by atoms with Crippen LogP contribution in [-0.4, -0.2) is 61.1 Å². The largest absolute Gasteiger partial charge is 0.573 e. The highest BCUT2D eigenvalue weighted by Gasteiger charge is 2.50. The van der Waals surface area contributed by atoms with Gasteiger partial charge in [-0.25, -0.2) is 21.6 Å². The van der Waals surface area contributed by atoms with Crippen molar-refractivity contribution in [1.29, 1.82) is 0 Å². The summed E-state index contributed by atoms with van der Waals surface area (Å²) in [7, 11) is -4.16. The number of nitrogens with two attached hydrogens (primary N) is 1. The van der Waals surface area contributed by atoms with Crippen LogP contribution in [-0.2, 0) is 21.2 Å². The number of sulfonamides is 1. The van der Waals surface area contributed by atoms with Crippen LogP contribution in [0.1, 0.15) is 18.4 Å². The summed E-state index contributed by atoms with van der Waals surface area (Å²) in [6.45, 7) is -0.0101. The van der Waals surface area contributed by atoms with Gasteiger partial charge in [0, 0.05) is 49.8 Å². The predicted octanol–water partition coefficient (Wildman–Crippen LogP) is 2.94. The quantitative estimate of drug-likeness (QED) is 0.433. The third-order valence-electron chi connectivity index (χ3n) is 6.16. The summed E-state index contributed by atoms with van der Waals surface area (Å²) in [6, 6.07) is 3.19. The van der Waals surface area contributed by atoms with E-state index in [2.05, 4.69) is 4.74 Å². The lowest BCUT2D eigenvalue weighted by Gasteiger charge is -2.34. The number of benzene rings is 2. The minimum Gasteiger partial charge on any atom is -0.406 e. The zero-order valence-corrected chi connectivity index (χ0v) is 19.3. The average molecular weight is 537 g/mol. The van der Waals surface area contributed by atoms with Gasteiger partial charge in [0.2, 0.25) is 15.9 Å². The monoisotopic (exact) mass is 537 g/mol. The van der Waals surface area contributed by atoms with Crippen molar-refractivity contribution in [2.24, 2.45) is 5.73 Å². The van der Waals surface area contributed by atoms with Crippen molar-refractivity contribution in [3.63, 3.8) is 0 Å². The molecule has 196 valence electrons. The Morgan fingerprint density at radius 2 is 1.75 bits per heavy atom. The smallest absolute Gasteiger partial charge is 0.406 e. The number of nitrogens with zero attached hydrogens (tertiary/aromatic N) is 2. The summed E-state index contributed by atoms with van der Waals surface area (Å²) in [4.78, 5) is 13.9. The lowest BCUT2D eigenvalue weighted by molar-refractivity contribution is -0.274. The molecule has 2 N–H and O–H groups in total. The third kappa shape index (κ3) is 5.44. The van der Waals surface area contributed by atoms with Gasteiger partial charge in [-0.3, -0.25) is 4.79 Å². The Bertz CT molecular complexity index is 1270. The fourth-order valence-electron chi connectivity index (χ4n) is 4.61. The lowest BCUT2D eigenvalue weighted by atomic mass is 10.0. The van der Waals surface area contributed by atoms with Crippen molar-refractivity contribution < 1.29 is 44.3 Å². The number of alkyl halides is 3. The first-order valence-electron chi connectivity index (χ1n) is 10.8.